The van der Waals surface area contributed by atoms with Crippen LogP contribution in [0, 0.1) is 25.2 Å². The van der Waals surface area contributed by atoms with E-state index in [0.29, 0.717) is 6.42 Å². The average Bonchev–Trinajstić information content (AvgIpc) is 2.14. The first-order valence-corrected chi connectivity index (χ1v) is 4.70. The molecule has 0 saturated heterocycles. The number of benzene rings is 1. The molecule has 0 aliphatic heterocycles. The van der Waals surface area contributed by atoms with E-state index in [4.69, 9.17) is 10.00 Å². The molecule has 1 rings (SSSR count). The first-order valence-electron chi connectivity index (χ1n) is 4.70. The molecule has 2 nitrogen and oxygen atoms in total. The molecule has 0 N–H and O–H groups in total. The Morgan fingerprint density at radius 3 is 2.29 bits per heavy atom. The molecule has 0 fully saturated rings. The first-order chi connectivity index (χ1) is 6.69. The van der Waals surface area contributed by atoms with Crippen molar-refractivity contribution in [1.29, 1.82) is 5.26 Å². The Morgan fingerprint density at radius 1 is 1.29 bits per heavy atom. The van der Waals surface area contributed by atoms with Crippen molar-refractivity contribution in [3.05, 3.63) is 28.8 Å². The summed E-state index contributed by atoms with van der Waals surface area (Å²) in [6, 6.07) is 6.33. The van der Waals surface area contributed by atoms with E-state index in [1.807, 2.05) is 13.8 Å². The van der Waals surface area contributed by atoms with Crippen molar-refractivity contribution >= 4 is 0 Å². The zero-order valence-electron chi connectivity index (χ0n) is 8.92. The molecule has 0 atom stereocenters. The lowest BCUT2D eigenvalue weighted by Crippen LogP contribution is -1.94. The van der Waals surface area contributed by atoms with Crippen molar-refractivity contribution in [2.24, 2.45) is 0 Å². The largest absolute Gasteiger partial charge is 0.496 e. The highest BCUT2D eigenvalue weighted by molar-refractivity contribution is 5.43. The maximum Gasteiger partial charge on any atom is 0.124 e. The van der Waals surface area contributed by atoms with E-state index in [2.05, 4.69) is 18.2 Å². The molecule has 0 bridgehead atoms. The molecular weight excluding hydrogens is 174 g/mol. The van der Waals surface area contributed by atoms with Gasteiger partial charge in [-0.3, -0.25) is 0 Å². The fourth-order valence-electron chi connectivity index (χ4n) is 1.71. The molecule has 2 heteroatoms. The highest BCUT2D eigenvalue weighted by atomic mass is 16.5. The molecule has 0 radical (unpaired) electrons. The summed E-state index contributed by atoms with van der Waals surface area (Å²) in [5.74, 6) is 0.950. The molecule has 0 unspecified atom stereocenters. The topological polar surface area (TPSA) is 33.0 Å². The van der Waals surface area contributed by atoms with E-state index in [1.54, 1.807) is 7.11 Å². The van der Waals surface area contributed by atoms with Gasteiger partial charge in [0.1, 0.15) is 5.75 Å². The Hall–Kier alpha value is -1.49. The fraction of sp³-hybridized carbons (Fsp3) is 0.417. The predicted octanol–water partition coefficient (Wildman–Crippen LogP) is 2.77. The van der Waals surface area contributed by atoms with Crippen LogP contribution in [-0.2, 0) is 6.42 Å². The molecule has 74 valence electrons. The second-order valence-electron chi connectivity index (χ2n) is 3.42. The van der Waals surface area contributed by atoms with E-state index in [-0.39, 0.29) is 0 Å². The van der Waals surface area contributed by atoms with Gasteiger partial charge < -0.3 is 4.74 Å². The number of methoxy groups -OCH3 is 1. The predicted molar refractivity (Wildman–Crippen MR) is 56.4 cm³/mol. The first kappa shape index (κ1) is 10.6. The van der Waals surface area contributed by atoms with Gasteiger partial charge in [-0.2, -0.15) is 5.26 Å². The molecule has 0 aliphatic rings. The zero-order chi connectivity index (χ0) is 10.6. The van der Waals surface area contributed by atoms with Crippen molar-refractivity contribution in [2.75, 3.05) is 7.11 Å². The maximum absolute atomic E-state index is 8.49. The van der Waals surface area contributed by atoms with Gasteiger partial charge in [0.2, 0.25) is 0 Å². The molecule has 0 amide bonds. The summed E-state index contributed by atoms with van der Waals surface area (Å²) in [4.78, 5) is 0. The Balaban J connectivity index is 2.97. The van der Waals surface area contributed by atoms with Gasteiger partial charge in [-0.25, -0.2) is 0 Å². The van der Waals surface area contributed by atoms with E-state index >= 15 is 0 Å². The summed E-state index contributed by atoms with van der Waals surface area (Å²) in [6.07, 6.45) is 1.40. The van der Waals surface area contributed by atoms with Gasteiger partial charge in [0.25, 0.3) is 0 Å². The van der Waals surface area contributed by atoms with Crippen molar-refractivity contribution in [1.82, 2.24) is 0 Å². The van der Waals surface area contributed by atoms with Crippen LogP contribution in [0.15, 0.2) is 12.1 Å². The summed E-state index contributed by atoms with van der Waals surface area (Å²) in [5, 5.41) is 8.49. The molecule has 0 spiro atoms. The molecule has 0 saturated carbocycles. The monoisotopic (exact) mass is 189 g/mol. The average molecular weight is 189 g/mol. The van der Waals surface area contributed by atoms with Crippen LogP contribution in [0.2, 0.25) is 0 Å². The summed E-state index contributed by atoms with van der Waals surface area (Å²) < 4.78 is 5.27. The van der Waals surface area contributed by atoms with E-state index in [0.717, 1.165) is 23.3 Å². The lowest BCUT2D eigenvalue weighted by atomic mass is 10.0. The van der Waals surface area contributed by atoms with Gasteiger partial charge in [0.15, 0.2) is 0 Å². The van der Waals surface area contributed by atoms with Crippen molar-refractivity contribution in [2.45, 2.75) is 26.7 Å². The van der Waals surface area contributed by atoms with Crippen LogP contribution in [-0.4, -0.2) is 7.11 Å². The summed E-state index contributed by atoms with van der Waals surface area (Å²) in [6.45, 7) is 4.06. The number of rotatable bonds is 3. The van der Waals surface area contributed by atoms with Crippen molar-refractivity contribution in [3.8, 4) is 11.8 Å². The second kappa shape index (κ2) is 4.66. The third-order valence-corrected chi connectivity index (χ3v) is 2.25. The SMILES string of the molecule is COc1c(C)cc(CCC#N)cc1C. The van der Waals surface area contributed by atoms with Crippen LogP contribution in [0.4, 0.5) is 0 Å². The quantitative estimate of drug-likeness (QED) is 0.732. The van der Waals surface area contributed by atoms with Gasteiger partial charge in [-0.1, -0.05) is 12.1 Å². The molecule has 0 aromatic heterocycles. The number of hydrogen-bond donors (Lipinski definition) is 0. The standard InChI is InChI=1S/C12H15NO/c1-9-7-11(5-4-6-13)8-10(2)12(9)14-3/h7-8H,4-5H2,1-3H3. The van der Waals surface area contributed by atoms with Crippen LogP contribution >= 0.6 is 0 Å². The third kappa shape index (κ3) is 2.26. The normalized spacial score (nSPS) is 9.57. The highest BCUT2D eigenvalue weighted by Gasteiger charge is 2.04. The zero-order valence-corrected chi connectivity index (χ0v) is 8.92. The van der Waals surface area contributed by atoms with Crippen LogP contribution < -0.4 is 4.74 Å². The molecule has 14 heavy (non-hydrogen) atoms. The lowest BCUT2D eigenvalue weighted by Gasteiger charge is -2.10. The number of aryl methyl sites for hydroxylation is 3. The molecule has 0 aliphatic carbocycles. The highest BCUT2D eigenvalue weighted by Crippen LogP contribution is 2.24. The second-order valence-corrected chi connectivity index (χ2v) is 3.42. The molecule has 1 aromatic carbocycles. The third-order valence-electron chi connectivity index (χ3n) is 2.25. The number of nitrogens with zero attached hydrogens (tertiary/aromatic N) is 1. The summed E-state index contributed by atoms with van der Waals surface area (Å²) >= 11 is 0. The number of nitriles is 1. The van der Waals surface area contributed by atoms with Crippen LogP contribution in [0.25, 0.3) is 0 Å². The van der Waals surface area contributed by atoms with Crippen LogP contribution in [0.5, 0.6) is 5.75 Å². The number of ether oxygens (including phenoxy) is 1. The fourth-order valence-corrected chi connectivity index (χ4v) is 1.71. The van der Waals surface area contributed by atoms with Gasteiger partial charge in [-0.15, -0.1) is 0 Å². The maximum atomic E-state index is 8.49. The van der Waals surface area contributed by atoms with Crippen molar-refractivity contribution < 1.29 is 4.74 Å². The van der Waals surface area contributed by atoms with Crippen LogP contribution in [0.1, 0.15) is 23.1 Å². The van der Waals surface area contributed by atoms with E-state index < -0.39 is 0 Å². The van der Waals surface area contributed by atoms with Gasteiger partial charge in [0.05, 0.1) is 13.2 Å². The van der Waals surface area contributed by atoms with E-state index in [9.17, 15) is 0 Å². The van der Waals surface area contributed by atoms with Crippen molar-refractivity contribution in [3.63, 3.8) is 0 Å². The minimum absolute atomic E-state index is 0.575. The molecular formula is C12H15NO. The van der Waals surface area contributed by atoms with Gasteiger partial charge >= 0.3 is 0 Å². The Morgan fingerprint density at radius 2 is 1.86 bits per heavy atom. The minimum atomic E-state index is 0.575. The lowest BCUT2D eigenvalue weighted by molar-refractivity contribution is 0.408. The Kier molecular flexibility index (Phi) is 3.53. The van der Waals surface area contributed by atoms with E-state index in [1.165, 1.54) is 5.56 Å². The molecule has 1 aromatic rings. The molecule has 0 heterocycles. The van der Waals surface area contributed by atoms with Gasteiger partial charge in [0, 0.05) is 6.42 Å². The Labute approximate surface area is 85.1 Å². The summed E-state index contributed by atoms with van der Waals surface area (Å²) in [5.41, 5.74) is 3.49. The minimum Gasteiger partial charge on any atom is -0.496 e. The summed E-state index contributed by atoms with van der Waals surface area (Å²) in [7, 11) is 1.68. The Bertz CT molecular complexity index is 340. The smallest absolute Gasteiger partial charge is 0.124 e. The number of hydrogen-bond acceptors (Lipinski definition) is 2. The van der Waals surface area contributed by atoms with Crippen LogP contribution in [0.3, 0.4) is 0 Å². The van der Waals surface area contributed by atoms with Gasteiger partial charge in [-0.05, 0) is 37.0 Å².